The smallest absolute Gasteiger partial charge is 0.325 e. The molecule has 2 atom stereocenters. The summed E-state index contributed by atoms with van der Waals surface area (Å²) >= 11 is 0. The van der Waals surface area contributed by atoms with Gasteiger partial charge in [-0.3, -0.25) is 19.5 Å². The van der Waals surface area contributed by atoms with E-state index >= 15 is 0 Å². The van der Waals surface area contributed by atoms with Crippen LogP contribution in [0, 0.1) is 5.92 Å². The molecular weight excluding hydrogens is 320 g/mol. The van der Waals surface area contributed by atoms with Crippen LogP contribution >= 0.6 is 0 Å². The van der Waals surface area contributed by atoms with E-state index in [0.29, 0.717) is 6.54 Å². The first kappa shape index (κ1) is 16.1. The third kappa shape index (κ3) is 2.67. The molecule has 1 aromatic rings. The Bertz CT molecular complexity index is 718. The summed E-state index contributed by atoms with van der Waals surface area (Å²) in [6, 6.07) is 5.12. The van der Waals surface area contributed by atoms with E-state index in [4.69, 9.17) is 0 Å². The molecule has 3 aliphatic rings. The minimum Gasteiger partial charge on any atom is -0.333 e. The van der Waals surface area contributed by atoms with Gasteiger partial charge in [-0.05, 0) is 50.7 Å². The summed E-state index contributed by atoms with van der Waals surface area (Å²) in [7, 11) is 0. The van der Waals surface area contributed by atoms with Crippen molar-refractivity contribution >= 4 is 17.8 Å². The fourth-order valence-corrected chi connectivity index (χ4v) is 3.97. The molecule has 0 aromatic carbocycles. The summed E-state index contributed by atoms with van der Waals surface area (Å²) < 4.78 is 0. The second-order valence-corrected chi connectivity index (χ2v) is 7.30. The van der Waals surface area contributed by atoms with Gasteiger partial charge < -0.3 is 10.2 Å². The van der Waals surface area contributed by atoms with Crippen molar-refractivity contribution < 1.29 is 14.4 Å². The van der Waals surface area contributed by atoms with Crippen LogP contribution in [-0.2, 0) is 9.59 Å². The van der Waals surface area contributed by atoms with Crippen molar-refractivity contribution in [3.8, 4) is 0 Å². The lowest BCUT2D eigenvalue weighted by atomic mass is 9.96. The highest BCUT2D eigenvalue weighted by Crippen LogP contribution is 2.42. The first-order valence-electron chi connectivity index (χ1n) is 8.85. The number of amides is 4. The minimum atomic E-state index is -0.844. The third-order valence-corrected chi connectivity index (χ3v) is 5.59. The molecule has 1 aromatic heterocycles. The zero-order valence-electron chi connectivity index (χ0n) is 14.3. The van der Waals surface area contributed by atoms with Crippen molar-refractivity contribution in [3.05, 3.63) is 30.1 Å². The van der Waals surface area contributed by atoms with Gasteiger partial charge in [-0.1, -0.05) is 6.07 Å². The van der Waals surface area contributed by atoms with Crippen LogP contribution in [0.2, 0.25) is 0 Å². The number of carbonyl (C=O) groups is 3. The number of pyridine rings is 1. The second kappa shape index (κ2) is 5.82. The van der Waals surface area contributed by atoms with Crippen LogP contribution < -0.4 is 5.32 Å². The summed E-state index contributed by atoms with van der Waals surface area (Å²) in [4.78, 5) is 44.9. The standard InChI is InChI=1S/C18H22N4O3/c1-18(12-7-8-12)16(24)22(17(25)20-18)11-15(23)21-10-4-6-14(21)13-5-2-3-9-19-13/h2-3,5,9,12,14H,4,6-8,10-11H2,1H3,(H,20,25)/t14-,18-/m0/s1. The summed E-state index contributed by atoms with van der Waals surface area (Å²) in [5, 5.41) is 2.79. The Morgan fingerprint density at radius 1 is 1.32 bits per heavy atom. The molecule has 1 aliphatic carbocycles. The summed E-state index contributed by atoms with van der Waals surface area (Å²) in [6.45, 7) is 2.20. The number of carbonyl (C=O) groups excluding carboxylic acids is 3. The number of aromatic nitrogens is 1. The molecule has 0 radical (unpaired) electrons. The zero-order valence-corrected chi connectivity index (χ0v) is 14.3. The average Bonchev–Trinajstić information content (AvgIpc) is 3.32. The van der Waals surface area contributed by atoms with Crippen LogP contribution in [0.1, 0.15) is 44.3 Å². The van der Waals surface area contributed by atoms with E-state index in [1.54, 1.807) is 18.0 Å². The number of hydrogen-bond acceptors (Lipinski definition) is 4. The average molecular weight is 342 g/mol. The van der Waals surface area contributed by atoms with Gasteiger partial charge in [0.15, 0.2) is 0 Å². The van der Waals surface area contributed by atoms with Gasteiger partial charge in [-0.15, -0.1) is 0 Å². The molecule has 1 saturated carbocycles. The molecule has 132 valence electrons. The van der Waals surface area contributed by atoms with Gasteiger partial charge in [0, 0.05) is 12.7 Å². The van der Waals surface area contributed by atoms with Crippen LogP contribution in [0.5, 0.6) is 0 Å². The molecule has 4 rings (SSSR count). The van der Waals surface area contributed by atoms with Crippen LogP contribution in [0.15, 0.2) is 24.4 Å². The van der Waals surface area contributed by atoms with E-state index in [1.807, 2.05) is 18.2 Å². The largest absolute Gasteiger partial charge is 0.333 e. The number of urea groups is 1. The van der Waals surface area contributed by atoms with E-state index in [-0.39, 0.29) is 30.3 Å². The van der Waals surface area contributed by atoms with Crippen molar-refractivity contribution in [1.29, 1.82) is 0 Å². The van der Waals surface area contributed by atoms with Gasteiger partial charge in [-0.2, -0.15) is 0 Å². The molecular formula is C18H22N4O3. The van der Waals surface area contributed by atoms with Crippen molar-refractivity contribution in [1.82, 2.24) is 20.1 Å². The van der Waals surface area contributed by atoms with Gasteiger partial charge >= 0.3 is 6.03 Å². The predicted molar refractivity (Wildman–Crippen MR) is 89.3 cm³/mol. The van der Waals surface area contributed by atoms with Gasteiger partial charge in [0.2, 0.25) is 5.91 Å². The highest BCUT2D eigenvalue weighted by atomic mass is 16.2. The van der Waals surface area contributed by atoms with Crippen molar-refractivity contribution in [3.63, 3.8) is 0 Å². The van der Waals surface area contributed by atoms with E-state index in [1.165, 1.54) is 0 Å². The normalized spacial score (nSPS) is 29.2. The van der Waals surface area contributed by atoms with Gasteiger partial charge in [0.1, 0.15) is 12.1 Å². The van der Waals surface area contributed by atoms with Gasteiger partial charge in [0.25, 0.3) is 5.91 Å². The molecule has 2 saturated heterocycles. The van der Waals surface area contributed by atoms with Crippen molar-refractivity contribution in [2.45, 2.75) is 44.2 Å². The zero-order chi connectivity index (χ0) is 17.6. The maximum atomic E-state index is 12.8. The lowest BCUT2D eigenvalue weighted by molar-refractivity contribution is -0.139. The molecule has 2 aliphatic heterocycles. The van der Waals surface area contributed by atoms with E-state index in [2.05, 4.69) is 10.3 Å². The van der Waals surface area contributed by atoms with Gasteiger partial charge in [0.05, 0.1) is 11.7 Å². The maximum Gasteiger partial charge on any atom is 0.325 e. The van der Waals surface area contributed by atoms with E-state index in [0.717, 1.165) is 36.3 Å². The first-order valence-corrected chi connectivity index (χ1v) is 8.85. The number of rotatable bonds is 4. The Hall–Kier alpha value is -2.44. The highest BCUT2D eigenvalue weighted by molar-refractivity contribution is 6.09. The maximum absolute atomic E-state index is 12.8. The molecule has 3 fully saturated rings. The lowest BCUT2D eigenvalue weighted by Gasteiger charge is -2.26. The van der Waals surface area contributed by atoms with Crippen molar-refractivity contribution in [2.75, 3.05) is 13.1 Å². The number of nitrogens with one attached hydrogen (secondary N) is 1. The Balaban J connectivity index is 1.48. The number of likely N-dealkylation sites (tertiary alicyclic amines) is 1. The Morgan fingerprint density at radius 3 is 2.80 bits per heavy atom. The first-order chi connectivity index (χ1) is 12.0. The molecule has 0 bridgehead atoms. The second-order valence-electron chi connectivity index (χ2n) is 7.30. The summed E-state index contributed by atoms with van der Waals surface area (Å²) in [5.74, 6) is -0.282. The molecule has 7 nitrogen and oxygen atoms in total. The fourth-order valence-electron chi connectivity index (χ4n) is 3.97. The predicted octanol–water partition coefficient (Wildman–Crippen LogP) is 1.47. The number of nitrogens with zero attached hydrogens (tertiary/aromatic N) is 3. The monoisotopic (exact) mass is 342 g/mol. The third-order valence-electron chi connectivity index (χ3n) is 5.59. The topological polar surface area (TPSA) is 82.6 Å². The quantitative estimate of drug-likeness (QED) is 0.840. The minimum absolute atomic E-state index is 0.0794. The van der Waals surface area contributed by atoms with Crippen LogP contribution in [0.25, 0.3) is 0 Å². The molecule has 1 N–H and O–H groups in total. The van der Waals surface area contributed by atoms with E-state index in [9.17, 15) is 14.4 Å². The van der Waals surface area contributed by atoms with Crippen LogP contribution in [0.4, 0.5) is 4.79 Å². The van der Waals surface area contributed by atoms with E-state index < -0.39 is 11.6 Å². The Morgan fingerprint density at radius 2 is 2.12 bits per heavy atom. The van der Waals surface area contributed by atoms with Crippen molar-refractivity contribution in [2.24, 2.45) is 5.92 Å². The molecule has 3 heterocycles. The van der Waals surface area contributed by atoms with Gasteiger partial charge in [-0.25, -0.2) is 4.79 Å². The lowest BCUT2D eigenvalue weighted by Crippen LogP contribution is -2.47. The Labute approximate surface area is 146 Å². The van der Waals surface area contributed by atoms with Crippen LogP contribution in [0.3, 0.4) is 0 Å². The van der Waals surface area contributed by atoms with Crippen LogP contribution in [-0.4, -0.2) is 51.3 Å². The molecule has 0 unspecified atom stereocenters. The SMILES string of the molecule is C[C@@]1(C2CC2)NC(=O)N(CC(=O)N2CCC[C@H]2c2ccccn2)C1=O. The molecule has 7 heteroatoms. The molecule has 4 amide bonds. The summed E-state index contributed by atoms with van der Waals surface area (Å²) in [5.41, 5.74) is 0.0105. The number of imide groups is 1. The Kier molecular flexibility index (Phi) is 3.74. The molecule has 25 heavy (non-hydrogen) atoms. The molecule has 0 spiro atoms. The number of hydrogen-bond donors (Lipinski definition) is 1. The summed E-state index contributed by atoms with van der Waals surface area (Å²) in [6.07, 6.45) is 5.35. The highest BCUT2D eigenvalue weighted by Gasteiger charge is 2.56. The fraction of sp³-hybridized carbons (Fsp3) is 0.556.